The minimum absolute atomic E-state index is 0.0383. The monoisotopic (exact) mass is 276 g/mol. The number of aromatic carboxylic acids is 1. The van der Waals surface area contributed by atoms with Crippen molar-refractivity contribution in [3.05, 3.63) is 29.3 Å². The zero-order valence-electron chi connectivity index (χ0n) is 11.8. The summed E-state index contributed by atoms with van der Waals surface area (Å²) in [6.45, 7) is 4.65. The average molecular weight is 276 g/mol. The highest BCUT2D eigenvalue weighted by molar-refractivity contribution is 5.99. The number of amides is 1. The Morgan fingerprint density at radius 1 is 1.45 bits per heavy atom. The normalized spacial score (nSPS) is 21.7. The number of carboxylic acids is 1. The molecule has 1 heterocycles. The quantitative estimate of drug-likeness (QED) is 0.787. The van der Waals surface area contributed by atoms with Gasteiger partial charge >= 0.3 is 5.97 Å². The Morgan fingerprint density at radius 2 is 2.20 bits per heavy atom. The lowest BCUT2D eigenvalue weighted by Gasteiger charge is -2.27. The van der Waals surface area contributed by atoms with Gasteiger partial charge in [-0.3, -0.25) is 4.79 Å². The van der Waals surface area contributed by atoms with E-state index in [-0.39, 0.29) is 11.5 Å². The molecule has 1 aliphatic rings. The largest absolute Gasteiger partial charge is 0.478 e. The molecule has 1 fully saturated rings. The van der Waals surface area contributed by atoms with E-state index in [9.17, 15) is 9.59 Å². The molecule has 1 unspecified atom stereocenters. The van der Waals surface area contributed by atoms with Gasteiger partial charge < -0.3 is 15.7 Å². The van der Waals surface area contributed by atoms with Gasteiger partial charge in [0.2, 0.25) is 5.91 Å². The summed E-state index contributed by atoms with van der Waals surface area (Å²) in [5.41, 5.74) is 1.16. The van der Waals surface area contributed by atoms with Crippen LogP contribution in [0.4, 0.5) is 5.69 Å². The second-order valence-electron chi connectivity index (χ2n) is 5.25. The van der Waals surface area contributed by atoms with Crippen molar-refractivity contribution in [1.29, 1.82) is 0 Å². The van der Waals surface area contributed by atoms with Crippen LogP contribution < -0.4 is 10.6 Å². The lowest BCUT2D eigenvalue weighted by atomic mass is 9.93. The standard InChI is InChI=1S/C15H20N2O3/c1-3-15(7-4-8-16-15)14(20)17-12-6-5-11(13(18)19)9-10(12)2/h5-6,9,16H,3-4,7-8H2,1-2H3,(H,17,20)(H,18,19). The zero-order chi connectivity index (χ0) is 14.8. The third kappa shape index (κ3) is 2.67. The maximum atomic E-state index is 12.4. The van der Waals surface area contributed by atoms with Crippen molar-refractivity contribution in [2.45, 2.75) is 38.6 Å². The molecule has 3 N–H and O–H groups in total. The van der Waals surface area contributed by atoms with E-state index in [1.54, 1.807) is 19.1 Å². The van der Waals surface area contributed by atoms with Gasteiger partial charge in [-0.1, -0.05) is 6.92 Å². The van der Waals surface area contributed by atoms with Crippen LogP contribution in [-0.4, -0.2) is 29.1 Å². The Kier molecular flexibility index (Phi) is 4.09. The van der Waals surface area contributed by atoms with E-state index in [0.717, 1.165) is 31.4 Å². The summed E-state index contributed by atoms with van der Waals surface area (Å²) in [5.74, 6) is -1.00. The van der Waals surface area contributed by atoms with Gasteiger partial charge in [0.1, 0.15) is 0 Å². The van der Waals surface area contributed by atoms with E-state index in [4.69, 9.17) is 5.11 Å². The van der Waals surface area contributed by atoms with Crippen molar-refractivity contribution in [3.63, 3.8) is 0 Å². The number of hydrogen-bond acceptors (Lipinski definition) is 3. The molecule has 2 rings (SSSR count). The zero-order valence-corrected chi connectivity index (χ0v) is 11.8. The summed E-state index contributed by atoms with van der Waals surface area (Å²) >= 11 is 0. The SMILES string of the molecule is CCC1(C(=O)Nc2ccc(C(=O)O)cc2C)CCCN1. The number of carboxylic acid groups (broad SMARTS) is 1. The van der Waals surface area contributed by atoms with Crippen molar-refractivity contribution in [2.24, 2.45) is 0 Å². The van der Waals surface area contributed by atoms with Crippen LogP contribution in [0, 0.1) is 6.92 Å². The van der Waals surface area contributed by atoms with Gasteiger partial charge in [0.25, 0.3) is 0 Å². The smallest absolute Gasteiger partial charge is 0.335 e. The van der Waals surface area contributed by atoms with E-state index >= 15 is 0 Å². The number of benzene rings is 1. The van der Waals surface area contributed by atoms with Crippen LogP contribution in [0.1, 0.15) is 42.1 Å². The first-order chi connectivity index (χ1) is 9.48. The van der Waals surface area contributed by atoms with Gasteiger partial charge in [-0.25, -0.2) is 4.79 Å². The molecule has 1 amide bonds. The third-order valence-electron chi connectivity index (χ3n) is 4.00. The number of nitrogens with one attached hydrogen (secondary N) is 2. The summed E-state index contributed by atoms with van der Waals surface area (Å²) in [5, 5.41) is 15.1. The number of aryl methyl sites for hydroxylation is 1. The fraction of sp³-hybridized carbons (Fsp3) is 0.467. The molecule has 0 saturated carbocycles. The molecule has 0 bridgehead atoms. The first-order valence-electron chi connectivity index (χ1n) is 6.89. The van der Waals surface area contributed by atoms with Gasteiger partial charge in [-0.15, -0.1) is 0 Å². The maximum Gasteiger partial charge on any atom is 0.335 e. The summed E-state index contributed by atoms with van der Waals surface area (Å²) < 4.78 is 0. The molecule has 1 saturated heterocycles. The Morgan fingerprint density at radius 3 is 2.70 bits per heavy atom. The number of carbonyl (C=O) groups is 2. The summed E-state index contributed by atoms with van der Waals surface area (Å²) in [7, 11) is 0. The molecule has 1 aromatic rings. The molecule has 0 spiro atoms. The van der Waals surface area contributed by atoms with Crippen molar-refractivity contribution in [3.8, 4) is 0 Å². The van der Waals surface area contributed by atoms with Gasteiger partial charge in [-0.2, -0.15) is 0 Å². The molecule has 0 aromatic heterocycles. The fourth-order valence-electron chi connectivity index (χ4n) is 2.64. The lowest BCUT2D eigenvalue weighted by Crippen LogP contribution is -2.50. The average Bonchev–Trinajstić information content (AvgIpc) is 2.90. The van der Waals surface area contributed by atoms with Gasteiger partial charge in [0, 0.05) is 5.69 Å². The highest BCUT2D eigenvalue weighted by atomic mass is 16.4. The second-order valence-corrected chi connectivity index (χ2v) is 5.25. The predicted molar refractivity (Wildman–Crippen MR) is 77.0 cm³/mol. The molecule has 1 aromatic carbocycles. The van der Waals surface area contributed by atoms with E-state index in [2.05, 4.69) is 10.6 Å². The van der Waals surface area contributed by atoms with E-state index in [1.165, 1.54) is 6.07 Å². The van der Waals surface area contributed by atoms with Gasteiger partial charge in [0.05, 0.1) is 11.1 Å². The first-order valence-corrected chi connectivity index (χ1v) is 6.89. The van der Waals surface area contributed by atoms with Crippen LogP contribution in [0.15, 0.2) is 18.2 Å². The van der Waals surface area contributed by atoms with Crippen LogP contribution in [0.3, 0.4) is 0 Å². The summed E-state index contributed by atoms with van der Waals surface area (Å²) in [4.78, 5) is 23.3. The third-order valence-corrected chi connectivity index (χ3v) is 4.00. The second kappa shape index (κ2) is 5.63. The van der Waals surface area contributed by atoms with Crippen LogP contribution >= 0.6 is 0 Å². The Balaban J connectivity index is 2.17. The van der Waals surface area contributed by atoms with Crippen molar-refractivity contribution < 1.29 is 14.7 Å². The van der Waals surface area contributed by atoms with Crippen LogP contribution in [0.2, 0.25) is 0 Å². The van der Waals surface area contributed by atoms with Gasteiger partial charge in [0.15, 0.2) is 0 Å². The molecule has 5 nitrogen and oxygen atoms in total. The Bertz CT molecular complexity index is 534. The van der Waals surface area contributed by atoms with Crippen molar-refractivity contribution >= 4 is 17.6 Å². The van der Waals surface area contributed by atoms with Crippen LogP contribution in [0.25, 0.3) is 0 Å². The minimum Gasteiger partial charge on any atom is -0.478 e. The summed E-state index contributed by atoms with van der Waals surface area (Å²) in [6, 6.07) is 4.72. The van der Waals surface area contributed by atoms with Crippen LogP contribution in [0.5, 0.6) is 0 Å². The topological polar surface area (TPSA) is 78.4 Å². The summed E-state index contributed by atoms with van der Waals surface area (Å²) in [6.07, 6.45) is 2.57. The number of hydrogen-bond donors (Lipinski definition) is 3. The maximum absolute atomic E-state index is 12.4. The molecule has 0 aliphatic carbocycles. The van der Waals surface area contributed by atoms with Crippen molar-refractivity contribution in [2.75, 3.05) is 11.9 Å². The van der Waals surface area contributed by atoms with E-state index in [0.29, 0.717) is 5.69 Å². The Labute approximate surface area is 118 Å². The fourth-order valence-corrected chi connectivity index (χ4v) is 2.64. The number of carbonyl (C=O) groups excluding carboxylic acids is 1. The lowest BCUT2D eigenvalue weighted by molar-refractivity contribution is -0.122. The number of anilines is 1. The van der Waals surface area contributed by atoms with Crippen molar-refractivity contribution in [1.82, 2.24) is 5.32 Å². The molecule has 0 radical (unpaired) electrons. The molecule has 1 aliphatic heterocycles. The van der Waals surface area contributed by atoms with E-state index in [1.807, 2.05) is 6.92 Å². The predicted octanol–water partition coefficient (Wildman–Crippen LogP) is 2.16. The minimum atomic E-state index is -0.964. The highest BCUT2D eigenvalue weighted by Crippen LogP contribution is 2.26. The molecular formula is C15H20N2O3. The Hall–Kier alpha value is -1.88. The molecule has 5 heteroatoms. The van der Waals surface area contributed by atoms with Gasteiger partial charge in [-0.05, 0) is 56.5 Å². The molecule has 20 heavy (non-hydrogen) atoms. The molecule has 1 atom stereocenters. The molecule has 108 valence electrons. The van der Waals surface area contributed by atoms with E-state index < -0.39 is 11.5 Å². The van der Waals surface area contributed by atoms with Crippen LogP contribution in [-0.2, 0) is 4.79 Å². The number of rotatable bonds is 4. The first kappa shape index (κ1) is 14.5. The molecular weight excluding hydrogens is 256 g/mol. The highest BCUT2D eigenvalue weighted by Gasteiger charge is 2.39.